The molecule has 0 aromatic carbocycles. The topological polar surface area (TPSA) is 91.7 Å². The molecule has 1 unspecified atom stereocenters. The normalized spacial score (nSPS) is 15.1. The average molecular weight is 180 g/mol. The van der Waals surface area contributed by atoms with Crippen molar-refractivity contribution in [2.75, 3.05) is 0 Å². The lowest BCUT2D eigenvalue weighted by atomic mass is 10.4. The molecular formula is C5H8O5S. The monoisotopic (exact) mass is 180 g/mol. The van der Waals surface area contributed by atoms with Crippen LogP contribution in [0.15, 0.2) is 12.2 Å². The maximum absolute atomic E-state index is 10.3. The third-order valence-electron chi connectivity index (χ3n) is 0.980. The second-order valence-electron chi connectivity index (χ2n) is 1.92. The van der Waals surface area contributed by atoms with E-state index >= 15 is 0 Å². The molecule has 2 N–H and O–H groups in total. The van der Waals surface area contributed by atoms with E-state index in [1.807, 2.05) is 0 Å². The van der Waals surface area contributed by atoms with Crippen LogP contribution >= 0.6 is 0 Å². The number of carbonyl (C=O) groups is 1. The van der Waals surface area contributed by atoms with Gasteiger partial charge in [0.25, 0.3) is 10.1 Å². The molecule has 6 heteroatoms. The summed E-state index contributed by atoms with van der Waals surface area (Å²) in [6.45, 7) is 1.18. The van der Waals surface area contributed by atoms with E-state index in [0.717, 1.165) is 6.08 Å². The van der Waals surface area contributed by atoms with Gasteiger partial charge >= 0.3 is 5.97 Å². The summed E-state index contributed by atoms with van der Waals surface area (Å²) in [5.74, 6) is -1.25. The molecule has 0 aliphatic rings. The highest BCUT2D eigenvalue weighted by Crippen LogP contribution is 1.98. The molecule has 0 rings (SSSR count). The summed E-state index contributed by atoms with van der Waals surface area (Å²) in [4.78, 5) is 9.87. The lowest BCUT2D eigenvalue weighted by Crippen LogP contribution is -2.13. The van der Waals surface area contributed by atoms with Crippen LogP contribution in [0.3, 0.4) is 0 Å². The van der Waals surface area contributed by atoms with Crippen molar-refractivity contribution in [2.45, 2.75) is 12.2 Å². The highest BCUT2D eigenvalue weighted by Gasteiger charge is 2.13. The highest BCUT2D eigenvalue weighted by atomic mass is 32.2. The van der Waals surface area contributed by atoms with Gasteiger partial charge < -0.3 is 5.11 Å². The standard InChI is InChI=1S/C5H8O5S/c1-4(11(8,9)10)2-3-5(6)7/h2-4H,1H3,(H,6,7)(H,8,9,10)/b3-2+. The smallest absolute Gasteiger partial charge is 0.328 e. The molecule has 0 radical (unpaired) electrons. The van der Waals surface area contributed by atoms with Crippen molar-refractivity contribution in [1.82, 2.24) is 0 Å². The Kier molecular flexibility index (Phi) is 3.21. The van der Waals surface area contributed by atoms with Crippen LogP contribution in [0.25, 0.3) is 0 Å². The van der Waals surface area contributed by atoms with Gasteiger partial charge in [-0.1, -0.05) is 6.08 Å². The molecule has 0 fully saturated rings. The molecule has 0 spiro atoms. The SMILES string of the molecule is CC(/C=C/C(=O)O)S(=O)(=O)O. The van der Waals surface area contributed by atoms with Crippen molar-refractivity contribution in [3.63, 3.8) is 0 Å². The van der Waals surface area contributed by atoms with Gasteiger partial charge in [-0.15, -0.1) is 0 Å². The lowest BCUT2D eigenvalue weighted by molar-refractivity contribution is -0.131. The molecule has 0 bridgehead atoms. The van der Waals surface area contributed by atoms with Gasteiger partial charge in [0, 0.05) is 6.08 Å². The second kappa shape index (κ2) is 3.49. The third-order valence-corrected chi connectivity index (χ3v) is 2.08. The summed E-state index contributed by atoms with van der Waals surface area (Å²) in [6, 6.07) is 0. The molecule has 0 amide bonds. The zero-order valence-corrected chi connectivity index (χ0v) is 6.58. The van der Waals surface area contributed by atoms with Gasteiger partial charge in [0.2, 0.25) is 0 Å². The van der Waals surface area contributed by atoms with Gasteiger partial charge in [-0.25, -0.2) is 4.79 Å². The Morgan fingerprint density at radius 1 is 1.55 bits per heavy atom. The average Bonchev–Trinajstić information content (AvgIpc) is 1.80. The van der Waals surface area contributed by atoms with E-state index in [0.29, 0.717) is 6.08 Å². The molecule has 0 aliphatic heterocycles. The molecule has 0 heterocycles. The van der Waals surface area contributed by atoms with Crippen molar-refractivity contribution >= 4 is 16.1 Å². The largest absolute Gasteiger partial charge is 0.478 e. The highest BCUT2D eigenvalue weighted by molar-refractivity contribution is 7.86. The molecular weight excluding hydrogens is 172 g/mol. The third kappa shape index (κ3) is 4.51. The van der Waals surface area contributed by atoms with Crippen molar-refractivity contribution < 1.29 is 22.9 Å². The van der Waals surface area contributed by atoms with Crippen LogP contribution < -0.4 is 0 Å². The summed E-state index contributed by atoms with van der Waals surface area (Å²) in [5, 5.41) is 6.88. The van der Waals surface area contributed by atoms with Gasteiger partial charge in [0.05, 0.1) is 0 Å². The van der Waals surface area contributed by atoms with Crippen LogP contribution in [0.1, 0.15) is 6.92 Å². The molecule has 5 nitrogen and oxygen atoms in total. The summed E-state index contributed by atoms with van der Waals surface area (Å²) in [7, 11) is -4.15. The maximum atomic E-state index is 10.3. The molecule has 0 aromatic heterocycles. The zero-order valence-electron chi connectivity index (χ0n) is 5.76. The fourth-order valence-electron chi connectivity index (χ4n) is 0.317. The molecule has 11 heavy (non-hydrogen) atoms. The molecule has 0 aromatic rings. The summed E-state index contributed by atoms with van der Waals surface area (Å²) in [6.07, 6.45) is 1.55. The van der Waals surface area contributed by atoms with E-state index in [1.54, 1.807) is 0 Å². The van der Waals surface area contributed by atoms with E-state index in [4.69, 9.17) is 9.66 Å². The number of hydrogen-bond donors (Lipinski definition) is 2. The Labute approximate surface area is 64.1 Å². The fourth-order valence-corrected chi connectivity index (χ4v) is 0.594. The molecule has 0 saturated heterocycles. The predicted octanol–water partition coefficient (Wildman–Crippen LogP) is -0.0965. The number of rotatable bonds is 3. The van der Waals surface area contributed by atoms with Crippen LogP contribution in [0, 0.1) is 0 Å². The van der Waals surface area contributed by atoms with Crippen LogP contribution in [-0.2, 0) is 14.9 Å². The number of carboxylic acids is 1. The molecule has 1 atom stereocenters. The fraction of sp³-hybridized carbons (Fsp3) is 0.400. The first-order valence-corrected chi connectivity index (χ1v) is 4.22. The van der Waals surface area contributed by atoms with Gasteiger partial charge in [0.1, 0.15) is 5.25 Å². The second-order valence-corrected chi connectivity index (χ2v) is 3.69. The number of carboxylic acid groups (broad SMARTS) is 1. The van der Waals surface area contributed by atoms with Crippen LogP contribution in [-0.4, -0.2) is 29.3 Å². The van der Waals surface area contributed by atoms with Crippen molar-refractivity contribution in [3.8, 4) is 0 Å². The Bertz CT molecular complexity index is 263. The minimum absolute atomic E-state index is 0.665. The van der Waals surface area contributed by atoms with Crippen molar-refractivity contribution in [3.05, 3.63) is 12.2 Å². The Balaban J connectivity index is 4.32. The summed E-state index contributed by atoms with van der Waals surface area (Å²) >= 11 is 0. The van der Waals surface area contributed by atoms with Gasteiger partial charge in [0.15, 0.2) is 0 Å². The van der Waals surface area contributed by atoms with Gasteiger partial charge in [-0.3, -0.25) is 4.55 Å². The van der Waals surface area contributed by atoms with Gasteiger partial charge in [-0.2, -0.15) is 8.42 Å². The van der Waals surface area contributed by atoms with E-state index in [9.17, 15) is 13.2 Å². The van der Waals surface area contributed by atoms with E-state index < -0.39 is 21.3 Å². The van der Waals surface area contributed by atoms with Crippen LogP contribution in [0.2, 0.25) is 0 Å². The predicted molar refractivity (Wildman–Crippen MR) is 37.8 cm³/mol. The van der Waals surface area contributed by atoms with Crippen LogP contribution in [0.5, 0.6) is 0 Å². The minimum Gasteiger partial charge on any atom is -0.478 e. The number of aliphatic carboxylic acids is 1. The van der Waals surface area contributed by atoms with E-state index in [2.05, 4.69) is 0 Å². The number of hydrogen-bond acceptors (Lipinski definition) is 3. The van der Waals surface area contributed by atoms with E-state index in [-0.39, 0.29) is 0 Å². The Morgan fingerprint density at radius 2 is 2.00 bits per heavy atom. The summed E-state index contributed by atoms with van der Waals surface area (Å²) < 4.78 is 28.8. The quantitative estimate of drug-likeness (QED) is 0.467. The minimum atomic E-state index is -4.15. The Morgan fingerprint density at radius 3 is 2.27 bits per heavy atom. The summed E-state index contributed by atoms with van der Waals surface area (Å²) in [5.41, 5.74) is 0. The van der Waals surface area contributed by atoms with Gasteiger partial charge in [-0.05, 0) is 6.92 Å². The first-order chi connectivity index (χ1) is 4.84. The maximum Gasteiger partial charge on any atom is 0.328 e. The van der Waals surface area contributed by atoms with Crippen LogP contribution in [0.4, 0.5) is 0 Å². The molecule has 64 valence electrons. The lowest BCUT2D eigenvalue weighted by Gasteiger charge is -1.98. The van der Waals surface area contributed by atoms with E-state index in [1.165, 1.54) is 6.92 Å². The van der Waals surface area contributed by atoms with Crippen molar-refractivity contribution in [2.24, 2.45) is 0 Å². The zero-order chi connectivity index (χ0) is 9.07. The first-order valence-electron chi connectivity index (χ1n) is 2.71. The first kappa shape index (κ1) is 10.1. The molecule has 0 saturated carbocycles. The molecule has 0 aliphatic carbocycles. The Hall–Kier alpha value is -0.880. The van der Waals surface area contributed by atoms with Crippen molar-refractivity contribution in [1.29, 1.82) is 0 Å².